The van der Waals surface area contributed by atoms with E-state index in [0.717, 1.165) is 35.5 Å². The number of esters is 2. The summed E-state index contributed by atoms with van der Waals surface area (Å²) in [6.45, 7) is 0. The van der Waals surface area contributed by atoms with Gasteiger partial charge in [0.15, 0.2) is 0 Å². The Morgan fingerprint density at radius 2 is 0.933 bits per heavy atom. The molecule has 0 amide bonds. The van der Waals surface area contributed by atoms with Crippen molar-refractivity contribution in [3.63, 3.8) is 0 Å². The van der Waals surface area contributed by atoms with Gasteiger partial charge in [-0.1, -0.05) is 0 Å². The maximum atomic E-state index is 11.7. The van der Waals surface area contributed by atoms with Crippen LogP contribution in [0.4, 0.5) is 0 Å². The van der Waals surface area contributed by atoms with Crippen LogP contribution in [-0.2, 0) is 14.3 Å². The van der Waals surface area contributed by atoms with Crippen molar-refractivity contribution in [1.82, 2.24) is 0 Å². The van der Waals surface area contributed by atoms with Crippen molar-refractivity contribution in [3.05, 3.63) is 0 Å². The van der Waals surface area contributed by atoms with Crippen LogP contribution in [0.5, 0.6) is 0 Å². The van der Waals surface area contributed by atoms with Crippen LogP contribution in [0.2, 0.25) is 0 Å². The molecule has 1 saturated heterocycles. The van der Waals surface area contributed by atoms with Gasteiger partial charge in [-0.2, -0.15) is 0 Å². The predicted octanol–water partition coefficient (Wildman–Crippen LogP) is 0.300. The number of hydrogen-bond donors (Lipinski definition) is 0. The Bertz CT molecular complexity index is 407. The molecule has 6 aliphatic carbocycles. The molecule has 6 saturated carbocycles. The summed E-state index contributed by atoms with van der Waals surface area (Å²) in [5.74, 6) is 5.99. The van der Waals surface area contributed by atoms with Crippen LogP contribution < -0.4 is 0 Å². The molecule has 3 heteroatoms. The lowest BCUT2D eigenvalue weighted by molar-refractivity contribution is -0.475. The van der Waals surface area contributed by atoms with E-state index in [4.69, 9.17) is 4.74 Å². The van der Waals surface area contributed by atoms with Gasteiger partial charge in [0.05, 0.1) is 11.8 Å². The summed E-state index contributed by atoms with van der Waals surface area (Å²) in [6.07, 6.45) is 0. The fourth-order valence-corrected chi connectivity index (χ4v) is 6.83. The van der Waals surface area contributed by atoms with Crippen molar-refractivity contribution in [1.29, 1.82) is 0 Å². The van der Waals surface area contributed by atoms with Crippen molar-refractivity contribution in [2.75, 3.05) is 0 Å². The second-order valence-electron chi connectivity index (χ2n) is 6.41. The molecule has 1 heterocycles. The molecule has 3 nitrogen and oxygen atoms in total. The first-order valence-electron chi connectivity index (χ1n) is 6.06. The first kappa shape index (κ1) is 6.66. The predicted molar refractivity (Wildman–Crippen MR) is 46.0 cm³/mol. The minimum atomic E-state index is -0.189. The number of rotatable bonds is 0. The zero-order valence-corrected chi connectivity index (χ0v) is 8.00. The van der Waals surface area contributed by atoms with Crippen LogP contribution in [-0.4, -0.2) is 11.9 Å². The van der Waals surface area contributed by atoms with E-state index in [2.05, 4.69) is 0 Å². The topological polar surface area (TPSA) is 43.4 Å². The molecular weight excluding hydrogens is 192 g/mol. The molecule has 1 aliphatic heterocycles. The Hall–Kier alpha value is -0.860. The summed E-state index contributed by atoms with van der Waals surface area (Å²) in [5.41, 5.74) is 0. The second kappa shape index (κ2) is 1.48. The van der Waals surface area contributed by atoms with Crippen molar-refractivity contribution in [3.8, 4) is 0 Å². The Labute approximate surface area is 86.2 Å². The lowest BCUT2D eigenvalue weighted by Gasteiger charge is -2.94. The number of cyclic esters (lactones) is 2. The number of carbonyl (C=O) groups excluding carboxylic acids is 2. The van der Waals surface area contributed by atoms with E-state index in [0.29, 0.717) is 11.8 Å². The van der Waals surface area contributed by atoms with Gasteiger partial charge in [-0.15, -0.1) is 0 Å². The smallest absolute Gasteiger partial charge is 0.317 e. The van der Waals surface area contributed by atoms with Gasteiger partial charge in [-0.3, -0.25) is 9.59 Å². The molecule has 7 aliphatic rings. The average molecular weight is 202 g/mol. The van der Waals surface area contributed by atoms with E-state index in [-0.39, 0.29) is 23.8 Å². The molecule has 0 N–H and O–H groups in total. The minimum absolute atomic E-state index is 0.0116. The Balaban J connectivity index is 1.60. The van der Waals surface area contributed by atoms with Crippen molar-refractivity contribution in [2.24, 2.45) is 59.2 Å². The molecule has 15 heavy (non-hydrogen) atoms. The van der Waals surface area contributed by atoms with Crippen LogP contribution in [0.15, 0.2) is 0 Å². The first-order chi connectivity index (χ1) is 7.30. The van der Waals surface area contributed by atoms with Crippen LogP contribution in [0.3, 0.4) is 0 Å². The monoisotopic (exact) mass is 202 g/mol. The van der Waals surface area contributed by atoms with E-state index >= 15 is 0 Å². The van der Waals surface area contributed by atoms with E-state index in [1.54, 1.807) is 0 Å². The molecule has 76 valence electrons. The van der Waals surface area contributed by atoms with Crippen LogP contribution in [0, 0.1) is 59.2 Å². The normalized spacial score (nSPS) is 78.1. The summed E-state index contributed by atoms with van der Waals surface area (Å²) < 4.78 is 4.86. The average Bonchev–Trinajstić information content (AvgIpc) is 2.42. The summed E-state index contributed by atoms with van der Waals surface area (Å²) in [5, 5.41) is 0. The van der Waals surface area contributed by atoms with Crippen LogP contribution >= 0.6 is 0 Å². The zero-order chi connectivity index (χ0) is 9.64. The van der Waals surface area contributed by atoms with Crippen molar-refractivity contribution < 1.29 is 14.3 Å². The highest BCUT2D eigenvalue weighted by atomic mass is 16.6. The highest BCUT2D eigenvalue weighted by Gasteiger charge is 2.93. The van der Waals surface area contributed by atoms with E-state index in [1.165, 1.54) is 0 Å². The van der Waals surface area contributed by atoms with Gasteiger partial charge >= 0.3 is 11.9 Å². The van der Waals surface area contributed by atoms with Gasteiger partial charge < -0.3 is 4.74 Å². The fraction of sp³-hybridized carbons (Fsp3) is 0.833. The molecule has 0 aromatic rings. The molecule has 7 rings (SSSR count). The third-order valence-electron chi connectivity index (χ3n) is 6.85. The number of carbonyl (C=O) groups is 2. The van der Waals surface area contributed by atoms with Gasteiger partial charge in [0.2, 0.25) is 0 Å². The van der Waals surface area contributed by atoms with E-state index in [1.807, 2.05) is 0 Å². The standard InChI is InChI=1S/C12H10O3/c13-11-9-7-3-1-2-5(3)8(6(2)4(1)7)10(9)12(14)15-11/h1-10H/t1?,2?,3?,4?,5?,6?,7?,8?,9-,10+. The molecule has 0 spiro atoms. The van der Waals surface area contributed by atoms with Gasteiger partial charge in [-0.05, 0) is 47.3 Å². The second-order valence-corrected chi connectivity index (χ2v) is 6.41. The lowest BCUT2D eigenvalue weighted by atomic mass is 9.09. The van der Waals surface area contributed by atoms with Gasteiger partial charge in [0.1, 0.15) is 0 Å². The highest BCUT2D eigenvalue weighted by molar-refractivity contribution is 5.98. The molecule has 7 fully saturated rings. The lowest BCUT2D eigenvalue weighted by Crippen LogP contribution is -2.92. The molecule has 4 unspecified atom stereocenters. The Morgan fingerprint density at radius 1 is 0.600 bits per heavy atom. The van der Waals surface area contributed by atoms with Crippen LogP contribution in [0.25, 0.3) is 0 Å². The van der Waals surface area contributed by atoms with Gasteiger partial charge in [0, 0.05) is 0 Å². The quantitative estimate of drug-likeness (QED) is 0.419. The van der Waals surface area contributed by atoms with Crippen LogP contribution in [0.1, 0.15) is 0 Å². The molecule has 2 bridgehead atoms. The summed E-state index contributed by atoms with van der Waals surface area (Å²) in [4.78, 5) is 23.3. The third kappa shape index (κ3) is 0.362. The fourth-order valence-electron chi connectivity index (χ4n) is 6.83. The van der Waals surface area contributed by atoms with E-state index in [9.17, 15) is 9.59 Å². The number of hydrogen-bond acceptors (Lipinski definition) is 3. The summed E-state index contributed by atoms with van der Waals surface area (Å²) in [7, 11) is 0. The molecule has 0 radical (unpaired) electrons. The first-order valence-corrected chi connectivity index (χ1v) is 6.06. The molecular formula is C12H10O3. The largest absolute Gasteiger partial charge is 0.393 e. The minimum Gasteiger partial charge on any atom is -0.393 e. The van der Waals surface area contributed by atoms with Gasteiger partial charge in [0.25, 0.3) is 0 Å². The highest BCUT2D eigenvalue weighted by Crippen LogP contribution is 2.93. The SMILES string of the molecule is O=C1OC(=O)[C@H]2C3C4C5C6C4C(C6C53)[C@@H]12. The molecule has 0 aromatic carbocycles. The Morgan fingerprint density at radius 3 is 1.33 bits per heavy atom. The maximum absolute atomic E-state index is 11.7. The molecule has 0 aromatic heterocycles. The summed E-state index contributed by atoms with van der Waals surface area (Å²) in [6, 6.07) is 0. The van der Waals surface area contributed by atoms with Crippen molar-refractivity contribution >= 4 is 11.9 Å². The maximum Gasteiger partial charge on any atom is 0.317 e. The molecule has 6 atom stereocenters. The zero-order valence-electron chi connectivity index (χ0n) is 8.00. The number of ether oxygens (including phenoxy) is 1. The van der Waals surface area contributed by atoms with Crippen molar-refractivity contribution in [2.45, 2.75) is 0 Å². The Kier molecular flexibility index (Phi) is 0.659. The summed E-state index contributed by atoms with van der Waals surface area (Å²) >= 11 is 0. The third-order valence-corrected chi connectivity index (χ3v) is 6.85. The van der Waals surface area contributed by atoms with Gasteiger partial charge in [-0.25, -0.2) is 0 Å². The van der Waals surface area contributed by atoms with E-state index < -0.39 is 0 Å².